The van der Waals surface area contributed by atoms with Gasteiger partial charge >= 0.3 is 0 Å². The topological polar surface area (TPSA) is 98.6 Å². The molecule has 8 nitrogen and oxygen atoms in total. The molecule has 1 aromatic heterocycles. The molecule has 0 unspecified atom stereocenters. The van der Waals surface area contributed by atoms with Crippen LogP contribution in [0, 0.1) is 5.82 Å². The van der Waals surface area contributed by atoms with Crippen LogP contribution in [0.2, 0.25) is 0 Å². The molecule has 3 N–H and O–H groups in total. The molecule has 29 heavy (non-hydrogen) atoms. The second kappa shape index (κ2) is 9.14. The maximum atomic E-state index is 13.1. The summed E-state index contributed by atoms with van der Waals surface area (Å²) in [5.41, 5.74) is 3.85. The van der Waals surface area contributed by atoms with E-state index >= 15 is 0 Å². The van der Waals surface area contributed by atoms with Crippen molar-refractivity contribution in [3.05, 3.63) is 56.7 Å². The van der Waals surface area contributed by atoms with E-state index in [9.17, 15) is 9.50 Å². The standard InChI is InChI=1S/C18H16Br2FN7O/c1-28(2)18-25-16(23-13-5-3-12(21)4-6-13)24-17(26-18)27-22-9-10-7-11(19)8-14(20)15(10)29/h3-9,29H,1-2H3,(H2,23,24,25,26,27). The minimum Gasteiger partial charge on any atom is -0.506 e. The van der Waals surface area contributed by atoms with Crippen molar-refractivity contribution in [3.8, 4) is 5.75 Å². The van der Waals surface area contributed by atoms with Gasteiger partial charge in [0.15, 0.2) is 0 Å². The number of phenolic OH excluding ortho intramolecular Hbond substituents is 1. The van der Waals surface area contributed by atoms with Crippen LogP contribution in [0.4, 0.5) is 27.9 Å². The Balaban J connectivity index is 1.83. The summed E-state index contributed by atoms with van der Waals surface area (Å²) in [6.07, 6.45) is 1.44. The van der Waals surface area contributed by atoms with Crippen molar-refractivity contribution in [1.82, 2.24) is 15.0 Å². The van der Waals surface area contributed by atoms with Gasteiger partial charge in [0, 0.05) is 29.8 Å². The van der Waals surface area contributed by atoms with Gasteiger partial charge in [0.2, 0.25) is 17.8 Å². The molecule has 2 aromatic carbocycles. The van der Waals surface area contributed by atoms with Gasteiger partial charge in [-0.3, -0.25) is 0 Å². The van der Waals surface area contributed by atoms with Crippen LogP contribution in [0.3, 0.4) is 0 Å². The Kier molecular flexibility index (Phi) is 6.60. The van der Waals surface area contributed by atoms with E-state index in [1.54, 1.807) is 43.3 Å². The van der Waals surface area contributed by atoms with Crippen molar-refractivity contribution < 1.29 is 9.50 Å². The molecule has 0 aliphatic carbocycles. The largest absolute Gasteiger partial charge is 0.506 e. The van der Waals surface area contributed by atoms with E-state index < -0.39 is 0 Å². The molecule has 0 bridgehead atoms. The van der Waals surface area contributed by atoms with Crippen LogP contribution in [0.15, 0.2) is 50.4 Å². The van der Waals surface area contributed by atoms with Gasteiger partial charge in [-0.2, -0.15) is 20.1 Å². The lowest BCUT2D eigenvalue weighted by molar-refractivity contribution is 0.471. The van der Waals surface area contributed by atoms with Crippen LogP contribution in [0.5, 0.6) is 5.75 Å². The van der Waals surface area contributed by atoms with Gasteiger partial charge in [-0.05, 0) is 52.3 Å². The number of anilines is 4. The number of aromatic hydroxyl groups is 1. The molecular weight excluding hydrogens is 509 g/mol. The van der Waals surface area contributed by atoms with E-state index in [1.807, 2.05) is 0 Å². The molecule has 0 saturated carbocycles. The van der Waals surface area contributed by atoms with E-state index in [0.29, 0.717) is 21.7 Å². The van der Waals surface area contributed by atoms with Crippen LogP contribution in [0.1, 0.15) is 5.56 Å². The van der Waals surface area contributed by atoms with Gasteiger partial charge in [0.05, 0.1) is 10.7 Å². The normalized spacial score (nSPS) is 10.9. The Hall–Kier alpha value is -2.79. The minimum atomic E-state index is -0.334. The first kappa shape index (κ1) is 20.9. The van der Waals surface area contributed by atoms with Gasteiger partial charge < -0.3 is 15.3 Å². The number of benzene rings is 2. The van der Waals surface area contributed by atoms with Crippen molar-refractivity contribution in [2.75, 3.05) is 29.7 Å². The molecular formula is C18H16Br2FN7O. The molecule has 0 amide bonds. The fraction of sp³-hybridized carbons (Fsp3) is 0.111. The lowest BCUT2D eigenvalue weighted by Gasteiger charge is -2.13. The predicted molar refractivity (Wildman–Crippen MR) is 119 cm³/mol. The zero-order valence-electron chi connectivity index (χ0n) is 15.4. The van der Waals surface area contributed by atoms with Gasteiger partial charge in [-0.15, -0.1) is 0 Å². The average molecular weight is 525 g/mol. The molecule has 3 aromatic rings. The number of hydrogen-bond donors (Lipinski definition) is 3. The number of hydrazone groups is 1. The number of aromatic nitrogens is 3. The first-order valence-electron chi connectivity index (χ1n) is 8.25. The fourth-order valence-electron chi connectivity index (χ4n) is 2.18. The van der Waals surface area contributed by atoms with Crippen LogP contribution >= 0.6 is 31.9 Å². The maximum Gasteiger partial charge on any atom is 0.250 e. The van der Waals surface area contributed by atoms with Gasteiger partial charge in [-0.1, -0.05) is 15.9 Å². The first-order valence-corrected chi connectivity index (χ1v) is 9.83. The summed E-state index contributed by atoms with van der Waals surface area (Å²) in [4.78, 5) is 14.6. The highest BCUT2D eigenvalue weighted by molar-refractivity contribution is 9.11. The number of rotatable bonds is 6. The highest BCUT2D eigenvalue weighted by Gasteiger charge is 2.09. The quantitative estimate of drug-likeness (QED) is 0.322. The van der Waals surface area contributed by atoms with Crippen molar-refractivity contribution in [2.45, 2.75) is 0 Å². The highest BCUT2D eigenvalue weighted by Crippen LogP contribution is 2.30. The van der Waals surface area contributed by atoms with Crippen LogP contribution < -0.4 is 15.6 Å². The van der Waals surface area contributed by atoms with Crippen LogP contribution in [0.25, 0.3) is 0 Å². The Morgan fingerprint density at radius 1 is 1.07 bits per heavy atom. The van der Waals surface area contributed by atoms with E-state index in [2.05, 4.69) is 62.7 Å². The monoisotopic (exact) mass is 523 g/mol. The SMILES string of the molecule is CN(C)c1nc(NN=Cc2cc(Br)cc(Br)c2O)nc(Nc2ccc(F)cc2)n1. The Morgan fingerprint density at radius 3 is 2.45 bits per heavy atom. The van der Waals surface area contributed by atoms with E-state index in [-0.39, 0.29) is 23.5 Å². The molecule has 1 heterocycles. The van der Waals surface area contributed by atoms with Crippen molar-refractivity contribution >= 4 is 61.6 Å². The summed E-state index contributed by atoms with van der Waals surface area (Å²) in [6, 6.07) is 9.26. The third kappa shape index (κ3) is 5.61. The summed E-state index contributed by atoms with van der Waals surface area (Å²) in [5.74, 6) is 0.580. The molecule has 3 rings (SSSR count). The summed E-state index contributed by atoms with van der Waals surface area (Å²) in [7, 11) is 3.59. The summed E-state index contributed by atoms with van der Waals surface area (Å²) in [6.45, 7) is 0. The van der Waals surface area contributed by atoms with Gasteiger partial charge in [0.25, 0.3) is 0 Å². The highest BCUT2D eigenvalue weighted by atomic mass is 79.9. The second-order valence-corrected chi connectivity index (χ2v) is 7.77. The maximum absolute atomic E-state index is 13.1. The zero-order valence-corrected chi connectivity index (χ0v) is 18.5. The Labute approximate surface area is 183 Å². The summed E-state index contributed by atoms with van der Waals surface area (Å²) >= 11 is 6.63. The molecule has 0 aliphatic rings. The molecule has 11 heteroatoms. The molecule has 0 aliphatic heterocycles. The van der Waals surface area contributed by atoms with Crippen molar-refractivity contribution in [2.24, 2.45) is 5.10 Å². The minimum absolute atomic E-state index is 0.0574. The van der Waals surface area contributed by atoms with Crippen molar-refractivity contribution in [1.29, 1.82) is 0 Å². The number of nitrogens with zero attached hydrogens (tertiary/aromatic N) is 5. The number of nitrogens with one attached hydrogen (secondary N) is 2. The third-order valence-electron chi connectivity index (χ3n) is 3.55. The average Bonchev–Trinajstić information content (AvgIpc) is 2.67. The van der Waals surface area contributed by atoms with Gasteiger partial charge in [0.1, 0.15) is 11.6 Å². The fourth-order valence-corrected chi connectivity index (χ4v) is 3.44. The predicted octanol–water partition coefficient (Wildman–Crippen LogP) is 4.50. The first-order chi connectivity index (χ1) is 13.8. The van der Waals surface area contributed by atoms with E-state index in [0.717, 1.165) is 4.47 Å². The second-order valence-electron chi connectivity index (χ2n) is 6.00. The third-order valence-corrected chi connectivity index (χ3v) is 4.61. The van der Waals surface area contributed by atoms with Gasteiger partial charge in [-0.25, -0.2) is 9.82 Å². The summed E-state index contributed by atoms with van der Waals surface area (Å²) < 4.78 is 14.4. The Morgan fingerprint density at radius 2 is 1.76 bits per heavy atom. The lowest BCUT2D eigenvalue weighted by atomic mass is 10.2. The summed E-state index contributed by atoms with van der Waals surface area (Å²) in [5, 5.41) is 17.2. The molecule has 0 fully saturated rings. The van der Waals surface area contributed by atoms with Crippen molar-refractivity contribution in [3.63, 3.8) is 0 Å². The molecule has 0 radical (unpaired) electrons. The van der Waals surface area contributed by atoms with E-state index in [1.165, 1.54) is 18.3 Å². The molecule has 0 atom stereocenters. The molecule has 150 valence electrons. The van der Waals surface area contributed by atoms with Crippen LogP contribution in [-0.4, -0.2) is 40.4 Å². The number of halogens is 3. The number of phenols is 1. The number of hydrogen-bond acceptors (Lipinski definition) is 8. The zero-order chi connectivity index (χ0) is 21.0. The lowest BCUT2D eigenvalue weighted by Crippen LogP contribution is -2.15. The smallest absolute Gasteiger partial charge is 0.250 e. The Bertz CT molecular complexity index is 1050. The molecule has 0 spiro atoms. The molecule has 0 saturated heterocycles. The van der Waals surface area contributed by atoms with Crippen LogP contribution in [-0.2, 0) is 0 Å². The van der Waals surface area contributed by atoms with E-state index in [4.69, 9.17) is 0 Å².